The van der Waals surface area contributed by atoms with Crippen LogP contribution in [-0.4, -0.2) is 17.6 Å². The van der Waals surface area contributed by atoms with Gasteiger partial charge in [0.1, 0.15) is 11.6 Å². The molecular weight excluding hydrogens is 455 g/mol. The van der Waals surface area contributed by atoms with Crippen LogP contribution in [0.5, 0.6) is 5.75 Å². The van der Waals surface area contributed by atoms with Crippen molar-refractivity contribution in [2.75, 3.05) is 11.9 Å². The quantitative estimate of drug-likeness (QED) is 0.475. The third-order valence-corrected chi connectivity index (χ3v) is 4.70. The summed E-state index contributed by atoms with van der Waals surface area (Å²) in [7, 11) is 0. The molecule has 3 aromatic carbocycles. The summed E-state index contributed by atoms with van der Waals surface area (Å²) in [6.45, 7) is 0.435. The standard InChI is InChI=1S/C22H18BrFN2O2S/c23-16-6-11-20(28-13-12-15-4-2-1-3-5-15)19(14-16)21(27)26-22(29)25-18-9-7-17(24)8-10-18/h1-11,14H,12-13H2,(H2,25,26,27,29). The third-order valence-electron chi connectivity index (χ3n) is 4.01. The molecule has 4 nitrogen and oxygen atoms in total. The van der Waals surface area contributed by atoms with Crippen LogP contribution in [0.1, 0.15) is 15.9 Å². The molecule has 0 bridgehead atoms. The summed E-state index contributed by atoms with van der Waals surface area (Å²) in [6, 6.07) is 20.9. The highest BCUT2D eigenvalue weighted by Gasteiger charge is 2.15. The second-order valence-electron chi connectivity index (χ2n) is 6.14. The zero-order valence-electron chi connectivity index (χ0n) is 15.3. The maximum absolute atomic E-state index is 13.0. The van der Waals surface area contributed by atoms with Crippen LogP contribution in [0.3, 0.4) is 0 Å². The summed E-state index contributed by atoms with van der Waals surface area (Å²) in [5.41, 5.74) is 2.08. The molecule has 148 valence electrons. The summed E-state index contributed by atoms with van der Waals surface area (Å²) in [6.07, 6.45) is 0.725. The Balaban J connectivity index is 1.63. The average molecular weight is 473 g/mol. The monoisotopic (exact) mass is 472 g/mol. The van der Waals surface area contributed by atoms with Crippen molar-refractivity contribution in [3.8, 4) is 5.75 Å². The van der Waals surface area contributed by atoms with Gasteiger partial charge in [-0.2, -0.15) is 0 Å². The van der Waals surface area contributed by atoms with E-state index < -0.39 is 5.91 Å². The van der Waals surface area contributed by atoms with E-state index in [1.54, 1.807) is 12.1 Å². The SMILES string of the molecule is O=C(NC(=S)Nc1ccc(F)cc1)c1cc(Br)ccc1OCCc1ccccc1. The van der Waals surface area contributed by atoms with Gasteiger partial charge in [0.25, 0.3) is 5.91 Å². The number of rotatable bonds is 6. The van der Waals surface area contributed by atoms with Crippen molar-refractivity contribution in [3.63, 3.8) is 0 Å². The van der Waals surface area contributed by atoms with Gasteiger partial charge in [0.15, 0.2) is 5.11 Å². The second-order valence-corrected chi connectivity index (χ2v) is 7.46. The highest BCUT2D eigenvalue weighted by molar-refractivity contribution is 9.10. The topological polar surface area (TPSA) is 50.4 Å². The first kappa shape index (κ1) is 21.0. The Kier molecular flexibility index (Phi) is 7.32. The molecule has 1 amide bonds. The van der Waals surface area contributed by atoms with Crippen LogP contribution < -0.4 is 15.4 Å². The Morgan fingerprint density at radius 3 is 2.48 bits per heavy atom. The highest BCUT2D eigenvalue weighted by atomic mass is 79.9. The summed E-state index contributed by atoms with van der Waals surface area (Å²) in [5, 5.41) is 5.58. The molecular formula is C22H18BrFN2O2S. The number of ether oxygens (including phenoxy) is 1. The van der Waals surface area contributed by atoms with E-state index in [1.807, 2.05) is 36.4 Å². The fourth-order valence-electron chi connectivity index (χ4n) is 2.60. The third kappa shape index (κ3) is 6.37. The molecule has 0 atom stereocenters. The van der Waals surface area contributed by atoms with E-state index in [0.29, 0.717) is 23.6 Å². The molecule has 2 N–H and O–H groups in total. The average Bonchev–Trinajstić information content (AvgIpc) is 2.71. The zero-order chi connectivity index (χ0) is 20.6. The molecule has 3 aromatic rings. The van der Waals surface area contributed by atoms with E-state index in [0.717, 1.165) is 16.5 Å². The van der Waals surface area contributed by atoms with Crippen molar-refractivity contribution in [2.24, 2.45) is 0 Å². The predicted octanol–water partition coefficient (Wildman–Crippen LogP) is 5.34. The Labute approximate surface area is 182 Å². The second kappa shape index (κ2) is 10.1. The van der Waals surface area contributed by atoms with Gasteiger partial charge in [-0.1, -0.05) is 46.3 Å². The van der Waals surface area contributed by atoms with Crippen LogP contribution in [0.2, 0.25) is 0 Å². The van der Waals surface area contributed by atoms with Crippen molar-refractivity contribution in [3.05, 3.63) is 94.2 Å². The van der Waals surface area contributed by atoms with Crippen LogP contribution in [0, 0.1) is 5.82 Å². The highest BCUT2D eigenvalue weighted by Crippen LogP contribution is 2.23. The normalized spacial score (nSPS) is 10.3. The number of carbonyl (C=O) groups is 1. The van der Waals surface area contributed by atoms with E-state index in [1.165, 1.54) is 24.3 Å². The van der Waals surface area contributed by atoms with Gasteiger partial charge in [0, 0.05) is 16.6 Å². The molecule has 0 fully saturated rings. The molecule has 29 heavy (non-hydrogen) atoms. The van der Waals surface area contributed by atoms with Crippen LogP contribution in [0.4, 0.5) is 10.1 Å². The molecule has 0 saturated heterocycles. The van der Waals surface area contributed by atoms with Gasteiger partial charge in [-0.05, 0) is 60.2 Å². The lowest BCUT2D eigenvalue weighted by Crippen LogP contribution is -2.34. The number of hydrogen-bond acceptors (Lipinski definition) is 3. The van der Waals surface area contributed by atoms with Crippen LogP contribution >= 0.6 is 28.1 Å². The number of nitrogens with one attached hydrogen (secondary N) is 2. The minimum Gasteiger partial charge on any atom is -0.492 e. The molecule has 0 heterocycles. The fraction of sp³-hybridized carbons (Fsp3) is 0.0909. The Morgan fingerprint density at radius 1 is 1.03 bits per heavy atom. The van der Waals surface area contributed by atoms with E-state index in [2.05, 4.69) is 26.6 Å². The van der Waals surface area contributed by atoms with Gasteiger partial charge in [-0.25, -0.2) is 4.39 Å². The Hall–Kier alpha value is -2.77. The number of thiocarbonyl (C=S) groups is 1. The van der Waals surface area contributed by atoms with Crippen molar-refractivity contribution in [2.45, 2.75) is 6.42 Å². The lowest BCUT2D eigenvalue weighted by molar-refractivity contribution is 0.0973. The van der Waals surface area contributed by atoms with E-state index in [9.17, 15) is 9.18 Å². The van der Waals surface area contributed by atoms with Crippen LogP contribution in [-0.2, 0) is 6.42 Å². The molecule has 0 aromatic heterocycles. The van der Waals surface area contributed by atoms with Crippen LogP contribution in [0.25, 0.3) is 0 Å². The number of amides is 1. The van der Waals surface area contributed by atoms with Crippen molar-refractivity contribution < 1.29 is 13.9 Å². The maximum Gasteiger partial charge on any atom is 0.261 e. The number of anilines is 1. The maximum atomic E-state index is 13.0. The van der Waals surface area contributed by atoms with Gasteiger partial charge in [0.05, 0.1) is 12.2 Å². The zero-order valence-corrected chi connectivity index (χ0v) is 17.7. The fourth-order valence-corrected chi connectivity index (χ4v) is 3.17. The molecule has 0 unspecified atom stereocenters. The number of benzene rings is 3. The van der Waals surface area contributed by atoms with Gasteiger partial charge in [-0.3, -0.25) is 10.1 Å². The smallest absolute Gasteiger partial charge is 0.261 e. The summed E-state index contributed by atoms with van der Waals surface area (Å²) >= 11 is 8.56. The molecule has 0 aliphatic rings. The van der Waals surface area contributed by atoms with E-state index in [-0.39, 0.29) is 10.9 Å². The van der Waals surface area contributed by atoms with Gasteiger partial charge < -0.3 is 10.1 Å². The predicted molar refractivity (Wildman–Crippen MR) is 120 cm³/mol. The Morgan fingerprint density at radius 2 is 1.76 bits per heavy atom. The van der Waals surface area contributed by atoms with Gasteiger partial charge >= 0.3 is 0 Å². The molecule has 0 spiro atoms. The number of halogens is 2. The summed E-state index contributed by atoms with van der Waals surface area (Å²) in [5.74, 6) is -0.288. The molecule has 0 radical (unpaired) electrons. The van der Waals surface area contributed by atoms with E-state index in [4.69, 9.17) is 17.0 Å². The first-order chi connectivity index (χ1) is 14.0. The minimum absolute atomic E-state index is 0.108. The van der Waals surface area contributed by atoms with Gasteiger partial charge in [0.2, 0.25) is 0 Å². The number of carbonyl (C=O) groups excluding carboxylic acids is 1. The van der Waals surface area contributed by atoms with E-state index >= 15 is 0 Å². The lowest BCUT2D eigenvalue weighted by Gasteiger charge is -2.14. The first-order valence-electron chi connectivity index (χ1n) is 8.85. The van der Waals surface area contributed by atoms with Crippen molar-refractivity contribution >= 4 is 44.9 Å². The molecule has 3 rings (SSSR count). The molecule has 0 aliphatic carbocycles. The summed E-state index contributed by atoms with van der Waals surface area (Å²) < 4.78 is 19.6. The van der Waals surface area contributed by atoms with Crippen molar-refractivity contribution in [1.82, 2.24) is 5.32 Å². The lowest BCUT2D eigenvalue weighted by atomic mass is 10.1. The first-order valence-corrected chi connectivity index (χ1v) is 10.1. The Bertz CT molecular complexity index is 997. The molecule has 0 saturated carbocycles. The van der Waals surface area contributed by atoms with Gasteiger partial charge in [-0.15, -0.1) is 0 Å². The minimum atomic E-state index is -0.402. The number of hydrogen-bond donors (Lipinski definition) is 2. The largest absolute Gasteiger partial charge is 0.492 e. The molecule has 0 aliphatic heterocycles. The molecule has 7 heteroatoms. The van der Waals surface area contributed by atoms with Crippen LogP contribution in [0.15, 0.2) is 77.3 Å². The summed E-state index contributed by atoms with van der Waals surface area (Å²) in [4.78, 5) is 12.7. The van der Waals surface area contributed by atoms with Crippen molar-refractivity contribution in [1.29, 1.82) is 0 Å².